The van der Waals surface area contributed by atoms with Crippen LogP contribution in [-0.4, -0.2) is 34.1 Å². The van der Waals surface area contributed by atoms with Crippen molar-refractivity contribution in [2.24, 2.45) is 0 Å². The normalized spacial score (nSPS) is 21.3. The number of amides is 3. The zero-order valence-electron chi connectivity index (χ0n) is 18.4. The van der Waals surface area contributed by atoms with Crippen molar-refractivity contribution in [3.05, 3.63) is 65.5 Å². The van der Waals surface area contributed by atoms with Crippen molar-refractivity contribution in [2.45, 2.75) is 37.1 Å². The molecule has 12 heteroatoms. The van der Waals surface area contributed by atoms with E-state index in [0.717, 1.165) is 29.5 Å². The SMILES string of the molecule is O=C1CCc2c(Oc3ccc4c(c3)C3C(NC(=O)Nc5cc(C(F)(F)F)ccn5)C3O4)ccnc2N1. The van der Waals surface area contributed by atoms with Gasteiger partial charge < -0.3 is 20.1 Å². The summed E-state index contributed by atoms with van der Waals surface area (Å²) in [6.45, 7) is 0. The highest BCUT2D eigenvalue weighted by Crippen LogP contribution is 2.54. The molecule has 36 heavy (non-hydrogen) atoms. The Morgan fingerprint density at radius 3 is 2.78 bits per heavy atom. The number of hydrogen-bond acceptors (Lipinski definition) is 6. The molecule has 6 rings (SSSR count). The number of urea groups is 1. The van der Waals surface area contributed by atoms with Crippen molar-refractivity contribution >= 4 is 23.6 Å². The minimum Gasteiger partial charge on any atom is -0.487 e. The van der Waals surface area contributed by atoms with E-state index in [1.807, 2.05) is 6.07 Å². The number of aromatic nitrogens is 2. The number of carbonyl (C=O) groups is 2. The summed E-state index contributed by atoms with van der Waals surface area (Å²) in [5.74, 6) is 1.91. The molecule has 184 valence electrons. The summed E-state index contributed by atoms with van der Waals surface area (Å²) >= 11 is 0. The molecule has 3 atom stereocenters. The van der Waals surface area contributed by atoms with Crippen molar-refractivity contribution in [3.8, 4) is 17.2 Å². The van der Waals surface area contributed by atoms with Crippen LogP contribution >= 0.6 is 0 Å². The van der Waals surface area contributed by atoms with Crippen LogP contribution in [-0.2, 0) is 17.4 Å². The highest BCUT2D eigenvalue weighted by Gasteiger charge is 2.59. The van der Waals surface area contributed by atoms with Crippen LogP contribution in [0.15, 0.2) is 48.8 Å². The van der Waals surface area contributed by atoms with E-state index in [-0.39, 0.29) is 29.8 Å². The van der Waals surface area contributed by atoms with E-state index in [1.165, 1.54) is 0 Å². The van der Waals surface area contributed by atoms with Gasteiger partial charge in [0.25, 0.3) is 0 Å². The summed E-state index contributed by atoms with van der Waals surface area (Å²) in [5, 5.41) is 7.81. The molecule has 9 nitrogen and oxygen atoms in total. The molecule has 0 spiro atoms. The van der Waals surface area contributed by atoms with Crippen LogP contribution in [0.3, 0.4) is 0 Å². The molecule has 3 unspecified atom stereocenters. The van der Waals surface area contributed by atoms with Crippen LogP contribution in [0.1, 0.15) is 29.0 Å². The van der Waals surface area contributed by atoms with E-state index in [0.29, 0.717) is 35.9 Å². The van der Waals surface area contributed by atoms with E-state index in [1.54, 1.807) is 24.4 Å². The van der Waals surface area contributed by atoms with Crippen LogP contribution in [0.2, 0.25) is 0 Å². The quantitative estimate of drug-likeness (QED) is 0.497. The summed E-state index contributed by atoms with van der Waals surface area (Å²) in [6.07, 6.45) is -1.40. The second-order valence-corrected chi connectivity index (χ2v) is 8.65. The third kappa shape index (κ3) is 4.04. The minimum atomic E-state index is -4.54. The molecule has 1 aromatic carbocycles. The molecule has 1 fully saturated rings. The smallest absolute Gasteiger partial charge is 0.416 e. The number of rotatable bonds is 4. The molecule has 3 aromatic rings. The molecule has 1 aliphatic carbocycles. The highest BCUT2D eigenvalue weighted by atomic mass is 19.4. The lowest BCUT2D eigenvalue weighted by Crippen LogP contribution is -2.34. The number of halogens is 3. The lowest BCUT2D eigenvalue weighted by molar-refractivity contribution is -0.137. The summed E-state index contributed by atoms with van der Waals surface area (Å²) < 4.78 is 50.7. The number of ether oxygens (including phenoxy) is 2. The monoisotopic (exact) mass is 497 g/mol. The average molecular weight is 497 g/mol. The third-order valence-corrected chi connectivity index (χ3v) is 6.28. The van der Waals surface area contributed by atoms with Gasteiger partial charge in [0.1, 0.15) is 35.0 Å². The Morgan fingerprint density at radius 1 is 1.11 bits per heavy atom. The summed E-state index contributed by atoms with van der Waals surface area (Å²) in [7, 11) is 0. The Morgan fingerprint density at radius 2 is 1.94 bits per heavy atom. The van der Waals surface area contributed by atoms with Gasteiger partial charge in [-0.2, -0.15) is 13.2 Å². The van der Waals surface area contributed by atoms with Gasteiger partial charge in [-0.15, -0.1) is 0 Å². The maximum absolute atomic E-state index is 12.9. The number of carbonyl (C=O) groups excluding carboxylic acids is 2. The molecule has 3 N–H and O–H groups in total. The third-order valence-electron chi connectivity index (χ3n) is 6.28. The fourth-order valence-electron chi connectivity index (χ4n) is 4.54. The number of fused-ring (bicyclic) bond motifs is 4. The van der Waals surface area contributed by atoms with Crippen molar-refractivity contribution in [3.63, 3.8) is 0 Å². The van der Waals surface area contributed by atoms with Gasteiger partial charge in [-0.25, -0.2) is 14.8 Å². The molecule has 3 aliphatic rings. The summed E-state index contributed by atoms with van der Waals surface area (Å²) in [4.78, 5) is 32.0. The van der Waals surface area contributed by atoms with Crippen LogP contribution in [0.4, 0.5) is 29.6 Å². The molecule has 2 aromatic heterocycles. The first-order valence-corrected chi connectivity index (χ1v) is 11.1. The molecule has 3 amide bonds. The number of hydrogen-bond donors (Lipinski definition) is 3. The standard InChI is InChI=1S/C24H18F3N5O4/c25-24(26,27)11-5-7-28-17(9-11)30-23(34)32-20-19-14-10-12(1-3-15(14)36-21(19)20)35-16-6-8-29-22-13(16)2-4-18(33)31-22/h1,3,5-10,19-21H,2,4H2,(H,29,31,33)(H2,28,30,32,34). The second-order valence-electron chi connectivity index (χ2n) is 8.65. The number of nitrogens with one attached hydrogen (secondary N) is 3. The Hall–Kier alpha value is -4.35. The highest BCUT2D eigenvalue weighted by molar-refractivity contribution is 5.93. The number of nitrogens with zero attached hydrogens (tertiary/aromatic N) is 2. The number of benzene rings is 1. The number of pyridine rings is 2. The Bertz CT molecular complexity index is 1400. The molecule has 4 heterocycles. The fraction of sp³-hybridized carbons (Fsp3) is 0.250. The molecule has 0 radical (unpaired) electrons. The van der Waals surface area contributed by atoms with Crippen LogP contribution in [0.25, 0.3) is 0 Å². The van der Waals surface area contributed by atoms with E-state index in [4.69, 9.17) is 9.47 Å². The zero-order valence-corrected chi connectivity index (χ0v) is 18.4. The molecule has 0 saturated heterocycles. The van der Waals surface area contributed by atoms with Crippen LogP contribution < -0.4 is 25.4 Å². The predicted octanol–water partition coefficient (Wildman–Crippen LogP) is 4.22. The van der Waals surface area contributed by atoms with Gasteiger partial charge >= 0.3 is 12.2 Å². The average Bonchev–Trinajstić information content (AvgIpc) is 3.34. The lowest BCUT2D eigenvalue weighted by Gasteiger charge is -2.19. The van der Waals surface area contributed by atoms with E-state index >= 15 is 0 Å². The van der Waals surface area contributed by atoms with Crippen molar-refractivity contribution in [1.82, 2.24) is 15.3 Å². The van der Waals surface area contributed by atoms with E-state index < -0.39 is 17.8 Å². The first-order valence-electron chi connectivity index (χ1n) is 11.1. The Labute approximate surface area is 202 Å². The fourth-order valence-corrected chi connectivity index (χ4v) is 4.54. The number of anilines is 2. The molecule has 1 saturated carbocycles. The van der Waals surface area contributed by atoms with Gasteiger partial charge in [-0.1, -0.05) is 0 Å². The molecule has 2 aliphatic heterocycles. The second kappa shape index (κ2) is 8.11. The number of alkyl halides is 3. The largest absolute Gasteiger partial charge is 0.487 e. The van der Waals surface area contributed by atoms with Crippen LogP contribution in [0.5, 0.6) is 17.2 Å². The molecular weight excluding hydrogens is 479 g/mol. The first kappa shape index (κ1) is 22.1. The predicted molar refractivity (Wildman–Crippen MR) is 120 cm³/mol. The van der Waals surface area contributed by atoms with Crippen molar-refractivity contribution in [1.29, 1.82) is 0 Å². The van der Waals surface area contributed by atoms with Gasteiger partial charge in [0, 0.05) is 29.9 Å². The first-order chi connectivity index (χ1) is 17.3. The molecular formula is C24H18F3N5O4. The Balaban J connectivity index is 1.13. The maximum Gasteiger partial charge on any atom is 0.416 e. The van der Waals surface area contributed by atoms with Gasteiger partial charge in [-0.05, 0) is 42.8 Å². The Kier molecular flexibility index (Phi) is 4.99. The van der Waals surface area contributed by atoms with E-state index in [9.17, 15) is 22.8 Å². The lowest BCUT2D eigenvalue weighted by atomic mass is 10.1. The van der Waals surface area contributed by atoms with Crippen molar-refractivity contribution < 1.29 is 32.2 Å². The minimum absolute atomic E-state index is 0.0898. The van der Waals surface area contributed by atoms with Gasteiger partial charge in [-0.3, -0.25) is 10.1 Å². The zero-order chi connectivity index (χ0) is 25.0. The van der Waals surface area contributed by atoms with Gasteiger partial charge in [0.2, 0.25) is 5.91 Å². The van der Waals surface area contributed by atoms with Gasteiger partial charge in [0.15, 0.2) is 0 Å². The summed E-state index contributed by atoms with van der Waals surface area (Å²) in [6, 6.07) is 7.70. The van der Waals surface area contributed by atoms with Crippen molar-refractivity contribution in [2.75, 3.05) is 10.6 Å². The van der Waals surface area contributed by atoms with Crippen LogP contribution in [0, 0.1) is 0 Å². The van der Waals surface area contributed by atoms with E-state index in [2.05, 4.69) is 25.9 Å². The summed E-state index contributed by atoms with van der Waals surface area (Å²) in [5.41, 5.74) is 0.771. The maximum atomic E-state index is 12.9. The molecule has 0 bridgehead atoms. The topological polar surface area (TPSA) is 114 Å². The van der Waals surface area contributed by atoms with Gasteiger partial charge in [0.05, 0.1) is 17.5 Å².